The number of halogens is 1. The quantitative estimate of drug-likeness (QED) is 0.859. The summed E-state index contributed by atoms with van der Waals surface area (Å²) in [6, 6.07) is 5.78. The van der Waals surface area contributed by atoms with Crippen molar-refractivity contribution >= 4 is 38.3 Å². The van der Waals surface area contributed by atoms with Gasteiger partial charge in [0.05, 0.1) is 10.2 Å². The summed E-state index contributed by atoms with van der Waals surface area (Å²) < 4.78 is 1.13. The molecule has 0 saturated heterocycles. The van der Waals surface area contributed by atoms with Crippen molar-refractivity contribution in [2.24, 2.45) is 5.41 Å². The Bertz CT molecular complexity index is 499. The highest BCUT2D eigenvalue weighted by Gasteiger charge is 2.11. The summed E-state index contributed by atoms with van der Waals surface area (Å²) in [5.41, 5.74) is 1.26. The number of rotatable bonds is 2. The SMILES string of the molecule is CC(C)(C)CNc1nc2ccc(Cl)cc2s1. The van der Waals surface area contributed by atoms with Gasteiger partial charge < -0.3 is 5.32 Å². The van der Waals surface area contributed by atoms with Crippen molar-refractivity contribution in [3.63, 3.8) is 0 Å². The molecule has 0 fully saturated rings. The first-order valence-electron chi connectivity index (χ1n) is 5.24. The largest absolute Gasteiger partial charge is 0.361 e. The zero-order valence-corrected chi connectivity index (χ0v) is 11.2. The molecular weight excluding hydrogens is 240 g/mol. The van der Waals surface area contributed by atoms with Gasteiger partial charge in [-0.05, 0) is 23.6 Å². The number of aromatic nitrogens is 1. The second-order valence-corrected chi connectivity index (χ2v) is 6.51. The highest BCUT2D eigenvalue weighted by molar-refractivity contribution is 7.22. The molecule has 86 valence electrons. The Kier molecular flexibility index (Phi) is 3.08. The van der Waals surface area contributed by atoms with E-state index in [2.05, 4.69) is 31.1 Å². The lowest BCUT2D eigenvalue weighted by molar-refractivity contribution is 0.443. The van der Waals surface area contributed by atoms with E-state index in [1.807, 2.05) is 18.2 Å². The van der Waals surface area contributed by atoms with Gasteiger partial charge in [-0.25, -0.2) is 4.98 Å². The molecule has 0 amide bonds. The lowest BCUT2D eigenvalue weighted by atomic mass is 9.97. The molecule has 0 saturated carbocycles. The average molecular weight is 255 g/mol. The Hall–Kier alpha value is -0.800. The van der Waals surface area contributed by atoms with Crippen LogP contribution in [0.1, 0.15) is 20.8 Å². The van der Waals surface area contributed by atoms with Crippen molar-refractivity contribution in [1.82, 2.24) is 4.98 Å². The molecule has 1 aromatic carbocycles. The third kappa shape index (κ3) is 2.86. The number of anilines is 1. The smallest absolute Gasteiger partial charge is 0.183 e. The maximum Gasteiger partial charge on any atom is 0.183 e. The molecule has 0 spiro atoms. The van der Waals surface area contributed by atoms with Crippen LogP contribution in [0, 0.1) is 5.41 Å². The predicted molar refractivity (Wildman–Crippen MR) is 72.6 cm³/mol. The Labute approximate surface area is 105 Å². The highest BCUT2D eigenvalue weighted by atomic mass is 35.5. The fourth-order valence-corrected chi connectivity index (χ4v) is 2.45. The number of nitrogens with one attached hydrogen (secondary N) is 1. The van der Waals surface area contributed by atoms with E-state index < -0.39 is 0 Å². The summed E-state index contributed by atoms with van der Waals surface area (Å²) in [6.45, 7) is 7.51. The standard InChI is InChI=1S/C12H15ClN2S/c1-12(2,3)7-14-11-15-9-5-4-8(13)6-10(9)16-11/h4-6H,7H2,1-3H3,(H,14,15). The van der Waals surface area contributed by atoms with E-state index in [4.69, 9.17) is 11.6 Å². The van der Waals surface area contributed by atoms with Crippen molar-refractivity contribution in [2.45, 2.75) is 20.8 Å². The van der Waals surface area contributed by atoms with Gasteiger partial charge in [0.1, 0.15) is 0 Å². The van der Waals surface area contributed by atoms with Gasteiger partial charge in [-0.2, -0.15) is 0 Å². The van der Waals surface area contributed by atoms with E-state index in [1.165, 1.54) is 0 Å². The molecule has 2 rings (SSSR count). The number of hydrogen-bond donors (Lipinski definition) is 1. The number of nitrogens with zero attached hydrogens (tertiary/aromatic N) is 1. The van der Waals surface area contributed by atoms with Crippen LogP contribution in [0.5, 0.6) is 0 Å². The predicted octanol–water partition coefficient (Wildman–Crippen LogP) is 4.41. The lowest BCUT2D eigenvalue weighted by Crippen LogP contribution is -2.18. The molecule has 0 atom stereocenters. The molecule has 1 N–H and O–H groups in total. The average Bonchev–Trinajstić information content (AvgIpc) is 2.55. The molecule has 0 aliphatic rings. The third-order valence-electron chi connectivity index (χ3n) is 2.12. The van der Waals surface area contributed by atoms with Crippen molar-refractivity contribution in [3.05, 3.63) is 23.2 Å². The van der Waals surface area contributed by atoms with Crippen LogP contribution in [0.4, 0.5) is 5.13 Å². The zero-order chi connectivity index (χ0) is 11.8. The third-order valence-corrected chi connectivity index (χ3v) is 3.33. The molecule has 16 heavy (non-hydrogen) atoms. The van der Waals surface area contributed by atoms with Crippen LogP contribution in [0.25, 0.3) is 10.2 Å². The Morgan fingerprint density at radius 3 is 2.81 bits per heavy atom. The van der Waals surface area contributed by atoms with Gasteiger partial charge in [0.2, 0.25) is 0 Å². The van der Waals surface area contributed by atoms with E-state index in [0.29, 0.717) is 0 Å². The van der Waals surface area contributed by atoms with Gasteiger partial charge >= 0.3 is 0 Å². The number of hydrogen-bond acceptors (Lipinski definition) is 3. The minimum absolute atomic E-state index is 0.259. The van der Waals surface area contributed by atoms with E-state index >= 15 is 0 Å². The highest BCUT2D eigenvalue weighted by Crippen LogP contribution is 2.28. The fourth-order valence-electron chi connectivity index (χ4n) is 1.31. The van der Waals surface area contributed by atoms with Crippen molar-refractivity contribution in [3.8, 4) is 0 Å². The minimum Gasteiger partial charge on any atom is -0.361 e. The van der Waals surface area contributed by atoms with Gasteiger partial charge in [-0.1, -0.05) is 43.7 Å². The summed E-state index contributed by atoms with van der Waals surface area (Å²) in [5, 5.41) is 5.09. The van der Waals surface area contributed by atoms with Crippen LogP contribution in [0.2, 0.25) is 5.02 Å². The van der Waals surface area contributed by atoms with Crippen molar-refractivity contribution in [2.75, 3.05) is 11.9 Å². The van der Waals surface area contributed by atoms with Gasteiger partial charge in [0, 0.05) is 11.6 Å². The van der Waals surface area contributed by atoms with Crippen LogP contribution < -0.4 is 5.32 Å². The monoisotopic (exact) mass is 254 g/mol. The molecule has 0 unspecified atom stereocenters. The van der Waals surface area contributed by atoms with Gasteiger partial charge in [0.15, 0.2) is 5.13 Å². The molecule has 1 heterocycles. The normalized spacial score (nSPS) is 12.0. The van der Waals surface area contributed by atoms with Crippen LogP contribution in [-0.4, -0.2) is 11.5 Å². The summed E-state index contributed by atoms with van der Waals surface area (Å²) >= 11 is 7.58. The van der Waals surface area contributed by atoms with Crippen LogP contribution >= 0.6 is 22.9 Å². The molecule has 0 aliphatic carbocycles. The van der Waals surface area contributed by atoms with E-state index in [0.717, 1.165) is 26.9 Å². The summed E-state index contributed by atoms with van der Waals surface area (Å²) in [7, 11) is 0. The maximum atomic E-state index is 5.94. The lowest BCUT2D eigenvalue weighted by Gasteiger charge is -2.17. The first-order chi connectivity index (χ1) is 7.44. The Morgan fingerprint density at radius 2 is 2.12 bits per heavy atom. The molecular formula is C12H15ClN2S. The molecule has 2 aromatic rings. The molecule has 2 nitrogen and oxygen atoms in total. The summed E-state index contributed by atoms with van der Waals surface area (Å²) in [4.78, 5) is 4.51. The van der Waals surface area contributed by atoms with Crippen LogP contribution in [0.3, 0.4) is 0 Å². The van der Waals surface area contributed by atoms with Gasteiger partial charge in [-0.3, -0.25) is 0 Å². The van der Waals surface area contributed by atoms with E-state index in [9.17, 15) is 0 Å². The topological polar surface area (TPSA) is 24.9 Å². The molecule has 0 radical (unpaired) electrons. The molecule has 4 heteroatoms. The molecule has 0 bridgehead atoms. The second kappa shape index (κ2) is 4.22. The molecule has 1 aromatic heterocycles. The number of thiazole rings is 1. The summed E-state index contributed by atoms with van der Waals surface area (Å²) in [6.07, 6.45) is 0. The van der Waals surface area contributed by atoms with Crippen LogP contribution in [0.15, 0.2) is 18.2 Å². The first kappa shape index (κ1) is 11.7. The van der Waals surface area contributed by atoms with Crippen molar-refractivity contribution in [1.29, 1.82) is 0 Å². The zero-order valence-electron chi connectivity index (χ0n) is 9.67. The van der Waals surface area contributed by atoms with Gasteiger partial charge in [-0.15, -0.1) is 0 Å². The summed E-state index contributed by atoms with van der Waals surface area (Å²) in [5.74, 6) is 0. The van der Waals surface area contributed by atoms with E-state index in [-0.39, 0.29) is 5.41 Å². The van der Waals surface area contributed by atoms with Crippen molar-refractivity contribution < 1.29 is 0 Å². The second-order valence-electron chi connectivity index (χ2n) is 5.05. The first-order valence-corrected chi connectivity index (χ1v) is 6.43. The van der Waals surface area contributed by atoms with Gasteiger partial charge in [0.25, 0.3) is 0 Å². The molecule has 0 aliphatic heterocycles. The fraction of sp³-hybridized carbons (Fsp3) is 0.417. The Balaban J connectivity index is 2.20. The maximum absolute atomic E-state index is 5.94. The number of benzene rings is 1. The van der Waals surface area contributed by atoms with E-state index in [1.54, 1.807) is 11.3 Å². The number of fused-ring (bicyclic) bond motifs is 1. The minimum atomic E-state index is 0.259. The Morgan fingerprint density at radius 1 is 1.38 bits per heavy atom. The van der Waals surface area contributed by atoms with Crippen LogP contribution in [-0.2, 0) is 0 Å².